The van der Waals surface area contributed by atoms with E-state index in [2.05, 4.69) is 15.5 Å². The molecule has 0 aliphatic heterocycles. The van der Waals surface area contributed by atoms with E-state index in [1.807, 2.05) is 7.05 Å². The average Bonchev–Trinajstić information content (AvgIpc) is 2.65. The van der Waals surface area contributed by atoms with Gasteiger partial charge in [0.05, 0.1) is 6.04 Å². The molecular formula is C9H17N5. The van der Waals surface area contributed by atoms with Crippen LogP contribution in [0.15, 0.2) is 0 Å². The molecule has 5 nitrogen and oxygen atoms in total. The third kappa shape index (κ3) is 1.77. The predicted molar refractivity (Wildman–Crippen MR) is 52.3 cm³/mol. The van der Waals surface area contributed by atoms with E-state index < -0.39 is 0 Å². The maximum atomic E-state index is 6.15. The number of nitrogens with two attached hydrogens (primary N) is 1. The van der Waals surface area contributed by atoms with Gasteiger partial charge in [0.2, 0.25) is 0 Å². The van der Waals surface area contributed by atoms with Crippen molar-refractivity contribution in [1.82, 2.24) is 20.2 Å². The molecule has 2 rings (SSSR count). The molecule has 0 amide bonds. The molecule has 1 aromatic rings. The number of hydrogen-bond acceptors (Lipinski definition) is 4. The molecular weight excluding hydrogens is 178 g/mol. The zero-order valence-corrected chi connectivity index (χ0v) is 8.56. The zero-order valence-electron chi connectivity index (χ0n) is 8.56. The van der Waals surface area contributed by atoms with Crippen LogP contribution >= 0.6 is 0 Å². The van der Waals surface area contributed by atoms with Crippen LogP contribution in [0.2, 0.25) is 0 Å². The molecule has 0 radical (unpaired) electrons. The fourth-order valence-corrected chi connectivity index (χ4v) is 2.22. The second kappa shape index (κ2) is 4.04. The molecule has 1 aromatic heterocycles. The molecule has 1 fully saturated rings. The van der Waals surface area contributed by atoms with Crippen LogP contribution in [0.25, 0.3) is 0 Å². The summed E-state index contributed by atoms with van der Waals surface area (Å²) in [5.41, 5.74) is 6.15. The molecule has 0 bridgehead atoms. The van der Waals surface area contributed by atoms with E-state index in [0.717, 1.165) is 5.82 Å². The van der Waals surface area contributed by atoms with E-state index >= 15 is 0 Å². The molecule has 0 spiro atoms. The van der Waals surface area contributed by atoms with E-state index in [0.29, 0.717) is 5.92 Å². The maximum absolute atomic E-state index is 6.15. The van der Waals surface area contributed by atoms with Crippen molar-refractivity contribution in [1.29, 1.82) is 0 Å². The Labute approximate surface area is 83.7 Å². The van der Waals surface area contributed by atoms with Gasteiger partial charge in [-0.05, 0) is 29.2 Å². The summed E-state index contributed by atoms with van der Waals surface area (Å²) in [4.78, 5) is 0. The molecule has 5 heteroatoms. The van der Waals surface area contributed by atoms with Gasteiger partial charge in [-0.15, -0.1) is 5.10 Å². The fraction of sp³-hybridized carbons (Fsp3) is 0.889. The molecule has 1 atom stereocenters. The van der Waals surface area contributed by atoms with Crippen LogP contribution in [0, 0.1) is 5.92 Å². The number of nitrogens with zero attached hydrogens (tertiary/aromatic N) is 4. The van der Waals surface area contributed by atoms with Crippen LogP contribution in [-0.4, -0.2) is 20.2 Å². The van der Waals surface area contributed by atoms with Gasteiger partial charge < -0.3 is 5.73 Å². The smallest absolute Gasteiger partial charge is 0.168 e. The molecule has 0 saturated heterocycles. The van der Waals surface area contributed by atoms with E-state index in [9.17, 15) is 0 Å². The first-order valence-electron chi connectivity index (χ1n) is 5.27. The number of rotatable bonds is 2. The summed E-state index contributed by atoms with van der Waals surface area (Å²) in [6, 6.07) is 0.00954. The first kappa shape index (κ1) is 9.58. The van der Waals surface area contributed by atoms with E-state index in [-0.39, 0.29) is 6.04 Å². The zero-order chi connectivity index (χ0) is 9.97. The summed E-state index contributed by atoms with van der Waals surface area (Å²) < 4.78 is 1.68. The van der Waals surface area contributed by atoms with Crippen molar-refractivity contribution in [3.8, 4) is 0 Å². The highest BCUT2D eigenvalue weighted by atomic mass is 15.5. The molecule has 1 unspecified atom stereocenters. The van der Waals surface area contributed by atoms with Crippen LogP contribution in [0.3, 0.4) is 0 Å². The SMILES string of the molecule is Cn1nnnc1C(N)C1CCCCC1. The molecule has 1 aliphatic carbocycles. The van der Waals surface area contributed by atoms with Gasteiger partial charge in [0.15, 0.2) is 5.82 Å². The highest BCUT2D eigenvalue weighted by Crippen LogP contribution is 2.31. The summed E-state index contributed by atoms with van der Waals surface area (Å²) in [7, 11) is 1.85. The Kier molecular flexibility index (Phi) is 2.77. The van der Waals surface area contributed by atoms with Crippen molar-refractivity contribution in [3.63, 3.8) is 0 Å². The number of hydrogen-bond donors (Lipinski definition) is 1. The minimum absolute atomic E-state index is 0.00954. The fourth-order valence-electron chi connectivity index (χ4n) is 2.22. The van der Waals surface area contributed by atoms with Crippen molar-refractivity contribution >= 4 is 0 Å². The van der Waals surface area contributed by atoms with Crippen molar-refractivity contribution in [2.45, 2.75) is 38.1 Å². The number of tetrazole rings is 1. The van der Waals surface area contributed by atoms with Gasteiger partial charge >= 0.3 is 0 Å². The minimum atomic E-state index is 0.00954. The quantitative estimate of drug-likeness (QED) is 0.757. The van der Waals surface area contributed by atoms with Crippen LogP contribution in [0.4, 0.5) is 0 Å². The summed E-state index contributed by atoms with van der Waals surface area (Å²) in [5, 5.41) is 11.4. The van der Waals surface area contributed by atoms with Gasteiger partial charge in [0.1, 0.15) is 0 Å². The monoisotopic (exact) mass is 195 g/mol. The van der Waals surface area contributed by atoms with Gasteiger partial charge in [0.25, 0.3) is 0 Å². The lowest BCUT2D eigenvalue weighted by molar-refractivity contribution is 0.296. The average molecular weight is 195 g/mol. The van der Waals surface area contributed by atoms with E-state index in [1.54, 1.807) is 4.68 Å². The molecule has 1 heterocycles. The first-order chi connectivity index (χ1) is 6.79. The third-order valence-corrected chi connectivity index (χ3v) is 3.11. The van der Waals surface area contributed by atoms with Crippen LogP contribution < -0.4 is 5.73 Å². The number of aromatic nitrogens is 4. The summed E-state index contributed by atoms with van der Waals surface area (Å²) >= 11 is 0. The topological polar surface area (TPSA) is 69.6 Å². The normalized spacial score (nSPS) is 21.0. The molecule has 1 saturated carbocycles. The van der Waals surface area contributed by atoms with Crippen molar-refractivity contribution in [2.75, 3.05) is 0 Å². The highest BCUT2D eigenvalue weighted by Gasteiger charge is 2.25. The second-order valence-electron chi connectivity index (χ2n) is 4.08. The Hall–Kier alpha value is -0.970. The molecule has 14 heavy (non-hydrogen) atoms. The second-order valence-corrected chi connectivity index (χ2v) is 4.08. The summed E-state index contributed by atoms with van der Waals surface area (Å²) in [5.74, 6) is 1.38. The van der Waals surface area contributed by atoms with Gasteiger partial charge in [-0.2, -0.15) is 0 Å². The van der Waals surface area contributed by atoms with Crippen LogP contribution in [-0.2, 0) is 7.05 Å². The van der Waals surface area contributed by atoms with Crippen molar-refractivity contribution in [2.24, 2.45) is 18.7 Å². The minimum Gasteiger partial charge on any atom is -0.321 e. The van der Waals surface area contributed by atoms with E-state index in [4.69, 9.17) is 5.73 Å². The summed E-state index contributed by atoms with van der Waals surface area (Å²) in [6.07, 6.45) is 6.37. The molecule has 78 valence electrons. The van der Waals surface area contributed by atoms with Gasteiger partial charge in [-0.1, -0.05) is 19.3 Å². The largest absolute Gasteiger partial charge is 0.321 e. The lowest BCUT2D eigenvalue weighted by Gasteiger charge is -2.26. The first-order valence-corrected chi connectivity index (χ1v) is 5.27. The lowest BCUT2D eigenvalue weighted by atomic mass is 9.84. The van der Waals surface area contributed by atoms with Crippen molar-refractivity contribution < 1.29 is 0 Å². The predicted octanol–water partition coefficient (Wildman–Crippen LogP) is 0.790. The Bertz CT molecular complexity index is 289. The van der Waals surface area contributed by atoms with E-state index in [1.165, 1.54) is 32.1 Å². The molecule has 1 aliphatic rings. The Balaban J connectivity index is 2.07. The van der Waals surface area contributed by atoms with Gasteiger partial charge in [0, 0.05) is 7.05 Å². The maximum Gasteiger partial charge on any atom is 0.168 e. The van der Waals surface area contributed by atoms with Crippen molar-refractivity contribution in [3.05, 3.63) is 5.82 Å². The van der Waals surface area contributed by atoms with Gasteiger partial charge in [-0.25, -0.2) is 4.68 Å². The van der Waals surface area contributed by atoms with Crippen LogP contribution in [0.1, 0.15) is 44.0 Å². The lowest BCUT2D eigenvalue weighted by Crippen LogP contribution is -2.26. The third-order valence-electron chi connectivity index (χ3n) is 3.11. The Morgan fingerprint density at radius 3 is 2.64 bits per heavy atom. The van der Waals surface area contributed by atoms with Crippen LogP contribution in [0.5, 0.6) is 0 Å². The molecule has 0 aromatic carbocycles. The standard InChI is InChI=1S/C9H17N5/c1-14-9(11-12-13-14)8(10)7-5-3-2-4-6-7/h7-8H,2-6,10H2,1H3. The Morgan fingerprint density at radius 2 is 2.07 bits per heavy atom. The summed E-state index contributed by atoms with van der Waals surface area (Å²) in [6.45, 7) is 0. The highest BCUT2D eigenvalue weighted by molar-refractivity contribution is 4.93. The van der Waals surface area contributed by atoms with Gasteiger partial charge in [-0.3, -0.25) is 0 Å². The Morgan fingerprint density at radius 1 is 1.36 bits per heavy atom. The molecule has 2 N–H and O–H groups in total. The number of aryl methyl sites for hydroxylation is 1.